The first-order valence-corrected chi connectivity index (χ1v) is 7.07. The fourth-order valence-corrected chi connectivity index (χ4v) is 2.48. The number of nitrogen functional groups attached to an aromatic ring is 1. The highest BCUT2D eigenvalue weighted by atomic mass is 79.9. The van der Waals surface area contributed by atoms with E-state index in [-0.39, 0.29) is 12.1 Å². The number of aromatic nitrogens is 4. The summed E-state index contributed by atoms with van der Waals surface area (Å²) in [4.78, 5) is 25.2. The third-order valence-corrected chi connectivity index (χ3v) is 3.51. The van der Waals surface area contributed by atoms with Crippen LogP contribution in [0.15, 0.2) is 39.9 Å². The van der Waals surface area contributed by atoms with Gasteiger partial charge in [0, 0.05) is 16.2 Å². The summed E-state index contributed by atoms with van der Waals surface area (Å²) >= 11 is 3.36. The van der Waals surface area contributed by atoms with Crippen LogP contribution in [0.1, 0.15) is 11.5 Å². The molecule has 3 rings (SSSR count). The summed E-state index contributed by atoms with van der Waals surface area (Å²) in [5.74, 6) is 0.882. The van der Waals surface area contributed by atoms with Crippen LogP contribution in [0.2, 0.25) is 0 Å². The number of hydrogen-bond acceptors (Lipinski definition) is 5. The molecule has 0 aliphatic heterocycles. The molecule has 0 aliphatic carbocycles. The van der Waals surface area contributed by atoms with Gasteiger partial charge in [-0.1, -0.05) is 15.9 Å². The van der Waals surface area contributed by atoms with Gasteiger partial charge in [0.25, 0.3) is 5.56 Å². The summed E-state index contributed by atoms with van der Waals surface area (Å²) in [6.07, 6.45) is 1.50. The van der Waals surface area contributed by atoms with Crippen LogP contribution in [0.25, 0.3) is 10.9 Å². The fraction of sp³-hybridized carbons (Fsp3) is 0.143. The van der Waals surface area contributed by atoms with E-state index in [4.69, 9.17) is 5.73 Å². The summed E-state index contributed by atoms with van der Waals surface area (Å²) in [6.45, 7) is 2.07. The third-order valence-electron chi connectivity index (χ3n) is 3.02. The Morgan fingerprint density at radius 1 is 1.29 bits per heavy atom. The number of halogens is 1. The predicted octanol–water partition coefficient (Wildman–Crippen LogP) is 1.89. The minimum Gasteiger partial charge on any atom is -0.384 e. The lowest BCUT2D eigenvalue weighted by Gasteiger charge is -2.07. The molecule has 0 bridgehead atoms. The number of aryl methyl sites for hydroxylation is 1. The zero-order chi connectivity index (χ0) is 15.0. The van der Waals surface area contributed by atoms with Gasteiger partial charge in [0.05, 0.1) is 23.8 Å². The van der Waals surface area contributed by atoms with Crippen molar-refractivity contribution in [2.75, 3.05) is 5.73 Å². The second-order valence-corrected chi connectivity index (χ2v) is 5.61. The Balaban J connectivity index is 2.08. The lowest BCUT2D eigenvalue weighted by molar-refractivity contribution is 0.704. The van der Waals surface area contributed by atoms with Crippen LogP contribution in [-0.2, 0) is 6.54 Å². The predicted molar refractivity (Wildman–Crippen MR) is 84.0 cm³/mol. The SMILES string of the molecule is Cc1cc(N)nc(Cn2cnc3ccc(Br)cc3c2=O)n1. The highest BCUT2D eigenvalue weighted by molar-refractivity contribution is 9.10. The van der Waals surface area contributed by atoms with Crippen molar-refractivity contribution in [1.29, 1.82) is 0 Å². The van der Waals surface area contributed by atoms with Crippen LogP contribution < -0.4 is 11.3 Å². The smallest absolute Gasteiger partial charge is 0.261 e. The Morgan fingerprint density at radius 2 is 2.10 bits per heavy atom. The van der Waals surface area contributed by atoms with Crippen molar-refractivity contribution in [2.45, 2.75) is 13.5 Å². The molecule has 7 heteroatoms. The van der Waals surface area contributed by atoms with Gasteiger partial charge in [0.2, 0.25) is 0 Å². The van der Waals surface area contributed by atoms with Gasteiger partial charge < -0.3 is 5.73 Å². The van der Waals surface area contributed by atoms with Crippen molar-refractivity contribution in [1.82, 2.24) is 19.5 Å². The van der Waals surface area contributed by atoms with Crippen molar-refractivity contribution >= 4 is 32.7 Å². The van der Waals surface area contributed by atoms with Crippen molar-refractivity contribution in [3.8, 4) is 0 Å². The van der Waals surface area contributed by atoms with E-state index in [0.29, 0.717) is 22.5 Å². The van der Waals surface area contributed by atoms with E-state index in [1.807, 2.05) is 13.0 Å². The second kappa shape index (κ2) is 5.25. The molecule has 6 nitrogen and oxygen atoms in total. The average molecular weight is 346 g/mol. The molecule has 0 fully saturated rings. The van der Waals surface area contributed by atoms with Gasteiger partial charge in [-0.15, -0.1) is 0 Å². The quantitative estimate of drug-likeness (QED) is 0.766. The standard InChI is InChI=1S/C14H12BrN5O/c1-8-4-12(16)19-13(18-8)6-20-7-17-11-3-2-9(15)5-10(11)14(20)21/h2-5,7H,6H2,1H3,(H2,16,18,19). The second-order valence-electron chi connectivity index (χ2n) is 4.69. The van der Waals surface area contributed by atoms with Crippen molar-refractivity contribution in [3.05, 3.63) is 56.9 Å². The van der Waals surface area contributed by atoms with Crippen LogP contribution in [0.3, 0.4) is 0 Å². The molecule has 0 atom stereocenters. The lowest BCUT2D eigenvalue weighted by atomic mass is 10.2. The molecule has 0 saturated carbocycles. The first-order valence-electron chi connectivity index (χ1n) is 6.27. The van der Waals surface area contributed by atoms with Crippen LogP contribution in [0.5, 0.6) is 0 Å². The summed E-state index contributed by atoms with van der Waals surface area (Å²) in [6, 6.07) is 7.09. The molecular weight excluding hydrogens is 334 g/mol. The number of hydrogen-bond donors (Lipinski definition) is 1. The van der Waals surface area contributed by atoms with E-state index in [1.165, 1.54) is 10.9 Å². The molecule has 1 aromatic carbocycles. The number of nitrogens with two attached hydrogens (primary N) is 1. The molecule has 0 aliphatic rings. The fourth-order valence-electron chi connectivity index (χ4n) is 2.12. The minimum absolute atomic E-state index is 0.134. The van der Waals surface area contributed by atoms with Gasteiger partial charge in [-0.05, 0) is 25.1 Å². The van der Waals surface area contributed by atoms with Crippen LogP contribution in [-0.4, -0.2) is 19.5 Å². The van der Waals surface area contributed by atoms with Crippen LogP contribution >= 0.6 is 15.9 Å². The monoisotopic (exact) mass is 345 g/mol. The first-order chi connectivity index (χ1) is 10.0. The van der Waals surface area contributed by atoms with Gasteiger partial charge in [-0.2, -0.15) is 0 Å². The number of rotatable bonds is 2. The third kappa shape index (κ3) is 2.78. The van der Waals surface area contributed by atoms with Gasteiger partial charge in [-0.25, -0.2) is 15.0 Å². The highest BCUT2D eigenvalue weighted by Crippen LogP contribution is 2.15. The van der Waals surface area contributed by atoms with Crippen LogP contribution in [0, 0.1) is 6.92 Å². The summed E-state index contributed by atoms with van der Waals surface area (Å²) in [5.41, 5.74) is 6.99. The molecule has 0 amide bonds. The summed E-state index contributed by atoms with van der Waals surface area (Å²) in [7, 11) is 0. The number of nitrogens with zero attached hydrogens (tertiary/aromatic N) is 4. The summed E-state index contributed by atoms with van der Waals surface area (Å²) in [5, 5.41) is 0.549. The van der Waals surface area contributed by atoms with Crippen molar-refractivity contribution < 1.29 is 0 Å². The van der Waals surface area contributed by atoms with E-state index < -0.39 is 0 Å². The number of fused-ring (bicyclic) bond motifs is 1. The topological polar surface area (TPSA) is 86.7 Å². The molecule has 0 unspecified atom stereocenters. The molecule has 2 heterocycles. The molecule has 2 N–H and O–H groups in total. The largest absolute Gasteiger partial charge is 0.384 e. The van der Waals surface area contributed by atoms with E-state index in [9.17, 15) is 4.79 Å². The van der Waals surface area contributed by atoms with Gasteiger partial charge in [0.15, 0.2) is 5.82 Å². The summed E-state index contributed by atoms with van der Waals surface area (Å²) < 4.78 is 2.31. The molecule has 21 heavy (non-hydrogen) atoms. The highest BCUT2D eigenvalue weighted by Gasteiger charge is 2.07. The van der Waals surface area contributed by atoms with Crippen molar-refractivity contribution in [2.24, 2.45) is 0 Å². The molecule has 2 aromatic heterocycles. The first kappa shape index (κ1) is 13.7. The Morgan fingerprint density at radius 3 is 2.86 bits per heavy atom. The Kier molecular flexibility index (Phi) is 3.42. The average Bonchev–Trinajstić information content (AvgIpc) is 2.41. The van der Waals surface area contributed by atoms with Gasteiger partial charge in [0.1, 0.15) is 5.82 Å². The van der Waals surface area contributed by atoms with Gasteiger partial charge in [-0.3, -0.25) is 9.36 Å². The van der Waals surface area contributed by atoms with Gasteiger partial charge >= 0.3 is 0 Å². The molecule has 0 saturated heterocycles. The molecule has 3 aromatic rings. The van der Waals surface area contributed by atoms with E-state index >= 15 is 0 Å². The molecule has 106 valence electrons. The Hall–Kier alpha value is -2.28. The maximum atomic E-state index is 12.5. The zero-order valence-electron chi connectivity index (χ0n) is 11.2. The van der Waals surface area contributed by atoms with E-state index in [2.05, 4.69) is 30.9 Å². The van der Waals surface area contributed by atoms with Crippen molar-refractivity contribution in [3.63, 3.8) is 0 Å². The van der Waals surface area contributed by atoms with Crippen LogP contribution in [0.4, 0.5) is 5.82 Å². The van der Waals surface area contributed by atoms with E-state index in [1.54, 1.807) is 18.2 Å². The molecule has 0 spiro atoms. The van der Waals surface area contributed by atoms with E-state index in [0.717, 1.165) is 10.2 Å². The number of benzene rings is 1. The molecular formula is C14H12BrN5O. The Labute approximate surface area is 128 Å². The Bertz CT molecular complexity index is 870. The normalized spacial score (nSPS) is 11.0. The lowest BCUT2D eigenvalue weighted by Crippen LogP contribution is -2.22. The molecule has 0 radical (unpaired) electrons. The maximum absolute atomic E-state index is 12.5. The minimum atomic E-state index is -0.134. The maximum Gasteiger partial charge on any atom is 0.261 e. The zero-order valence-corrected chi connectivity index (χ0v) is 12.8. The number of anilines is 1.